The molecule has 2 unspecified atom stereocenters. The van der Waals surface area contributed by atoms with Crippen LogP contribution in [0, 0.1) is 22.7 Å². The van der Waals surface area contributed by atoms with Gasteiger partial charge in [-0.1, -0.05) is 54.0 Å². The van der Waals surface area contributed by atoms with Crippen LogP contribution in [0.2, 0.25) is 0 Å². The average Bonchev–Trinajstić information content (AvgIpc) is 3.11. The minimum absolute atomic E-state index is 0.0811. The molecule has 1 saturated carbocycles. The summed E-state index contributed by atoms with van der Waals surface area (Å²) >= 11 is 0. The van der Waals surface area contributed by atoms with E-state index in [0.29, 0.717) is 19.4 Å². The van der Waals surface area contributed by atoms with Gasteiger partial charge in [-0.15, -0.1) is 6.58 Å². The van der Waals surface area contributed by atoms with E-state index >= 15 is 0 Å². The first-order valence-electron chi connectivity index (χ1n) is 13.5. The molecule has 5 atom stereocenters. The lowest BCUT2D eigenvalue weighted by Crippen LogP contribution is -2.62. The molecular formula is C28H47N5O5. The predicted molar refractivity (Wildman–Crippen MR) is 146 cm³/mol. The van der Waals surface area contributed by atoms with Crippen LogP contribution in [0.15, 0.2) is 12.7 Å². The van der Waals surface area contributed by atoms with Gasteiger partial charge in [0.2, 0.25) is 17.6 Å². The van der Waals surface area contributed by atoms with Gasteiger partial charge in [-0.3, -0.25) is 19.2 Å². The van der Waals surface area contributed by atoms with Crippen LogP contribution in [-0.2, 0) is 19.2 Å². The highest BCUT2D eigenvalue weighted by Crippen LogP contribution is 2.65. The molecule has 10 heteroatoms. The normalized spacial score (nSPS) is 23.4. The fourth-order valence-corrected chi connectivity index (χ4v) is 5.36. The number of piperidine rings is 1. The number of hydrogen-bond acceptors (Lipinski definition) is 5. The zero-order valence-electron chi connectivity index (χ0n) is 24.5. The van der Waals surface area contributed by atoms with Crippen molar-refractivity contribution in [2.75, 3.05) is 13.1 Å². The fraction of sp³-hybridized carbons (Fsp3) is 0.750. The van der Waals surface area contributed by atoms with E-state index in [1.165, 1.54) is 6.08 Å². The van der Waals surface area contributed by atoms with Crippen LogP contribution < -0.4 is 21.3 Å². The van der Waals surface area contributed by atoms with Crippen LogP contribution in [0.25, 0.3) is 0 Å². The molecule has 2 aliphatic rings. The molecule has 0 aromatic rings. The monoisotopic (exact) mass is 533 g/mol. The second kappa shape index (κ2) is 11.5. The van der Waals surface area contributed by atoms with Crippen molar-refractivity contribution in [2.24, 2.45) is 22.7 Å². The number of amides is 5. The summed E-state index contributed by atoms with van der Waals surface area (Å²) in [5.41, 5.74) is -1.26. The lowest BCUT2D eigenvalue weighted by atomic mass is 9.85. The number of carbonyl (C=O) groups excluding carboxylic acids is 5. The number of rotatable bonds is 10. The summed E-state index contributed by atoms with van der Waals surface area (Å²) < 4.78 is 0. The van der Waals surface area contributed by atoms with Crippen LogP contribution >= 0.6 is 0 Å². The quantitative estimate of drug-likeness (QED) is 0.252. The third-order valence-corrected chi connectivity index (χ3v) is 7.48. The van der Waals surface area contributed by atoms with E-state index in [9.17, 15) is 24.0 Å². The van der Waals surface area contributed by atoms with Crippen molar-refractivity contribution < 1.29 is 24.0 Å². The molecular weight excluding hydrogens is 486 g/mol. The number of urea groups is 1. The molecule has 1 saturated heterocycles. The molecule has 10 nitrogen and oxygen atoms in total. The maximum Gasteiger partial charge on any atom is 0.315 e. The van der Waals surface area contributed by atoms with Gasteiger partial charge in [0.25, 0.3) is 5.91 Å². The minimum atomic E-state index is -0.996. The van der Waals surface area contributed by atoms with Crippen molar-refractivity contribution >= 4 is 29.5 Å². The minimum Gasteiger partial charge on any atom is -0.346 e. The maximum atomic E-state index is 13.9. The van der Waals surface area contributed by atoms with Gasteiger partial charge >= 0.3 is 6.03 Å². The molecule has 5 amide bonds. The van der Waals surface area contributed by atoms with Gasteiger partial charge < -0.3 is 26.2 Å². The highest BCUT2D eigenvalue weighted by Gasteiger charge is 2.69. The number of fused-ring (bicyclic) bond motifs is 1. The van der Waals surface area contributed by atoms with E-state index in [4.69, 9.17) is 0 Å². The van der Waals surface area contributed by atoms with Crippen LogP contribution in [0.4, 0.5) is 4.79 Å². The zero-order chi connectivity index (χ0) is 29.2. The van der Waals surface area contributed by atoms with Crippen molar-refractivity contribution in [2.45, 2.75) is 98.8 Å². The average molecular weight is 534 g/mol. The number of hydrogen-bond donors (Lipinski definition) is 4. The first-order valence-corrected chi connectivity index (χ1v) is 13.5. The van der Waals surface area contributed by atoms with Crippen molar-refractivity contribution in [3.63, 3.8) is 0 Å². The standard InChI is InChI=1S/C28H47N5O5/c1-11-13-17(20(34)23(36)29-14-12-2)30-22(35)19-18-16(28(18,9)10)15-33(19)24(37)21(26(3,4)5)31-25(38)32-27(6,7)8/h12,16-19,21H,2,11,13-15H2,1,3-10H3,(H,29,36)(H,30,35)(H2,31,32,38)/t16?,17-,18?,19+,21-/m1/s1. The largest absolute Gasteiger partial charge is 0.346 e. The Morgan fingerprint density at radius 2 is 1.66 bits per heavy atom. The second-order valence-electron chi connectivity index (χ2n) is 13.2. The van der Waals surface area contributed by atoms with E-state index in [1.54, 1.807) is 4.90 Å². The number of Topliss-reactive ketones (excluding diaryl/α,β-unsaturated/α-hetero) is 1. The summed E-state index contributed by atoms with van der Waals surface area (Å²) in [7, 11) is 0. The zero-order valence-corrected chi connectivity index (χ0v) is 24.5. The molecule has 0 aromatic heterocycles. The Morgan fingerprint density at radius 3 is 2.16 bits per heavy atom. The number of nitrogens with zero attached hydrogens (tertiary/aromatic N) is 1. The molecule has 0 aromatic carbocycles. The molecule has 0 radical (unpaired) electrons. The van der Waals surface area contributed by atoms with Gasteiger partial charge in [-0.25, -0.2) is 4.79 Å². The number of likely N-dealkylation sites (tertiary alicyclic amines) is 1. The van der Waals surface area contributed by atoms with Gasteiger partial charge in [0.15, 0.2) is 0 Å². The van der Waals surface area contributed by atoms with E-state index in [1.807, 2.05) is 48.5 Å². The van der Waals surface area contributed by atoms with Gasteiger partial charge in [-0.05, 0) is 49.9 Å². The highest BCUT2D eigenvalue weighted by atomic mass is 16.2. The Kier molecular flexibility index (Phi) is 9.44. The maximum absolute atomic E-state index is 13.9. The number of ketones is 1. The molecule has 1 aliphatic carbocycles. The summed E-state index contributed by atoms with van der Waals surface area (Å²) in [6, 6.07) is -3.14. The van der Waals surface area contributed by atoms with Crippen LogP contribution in [0.5, 0.6) is 0 Å². The predicted octanol–water partition coefficient (Wildman–Crippen LogP) is 2.14. The van der Waals surface area contributed by atoms with Crippen LogP contribution in [0.3, 0.4) is 0 Å². The summed E-state index contributed by atoms with van der Waals surface area (Å²) in [5.74, 6) is -2.25. The first kappa shape index (κ1) is 31.3. The van der Waals surface area contributed by atoms with Crippen molar-refractivity contribution in [1.82, 2.24) is 26.2 Å². The third kappa shape index (κ3) is 7.14. The van der Waals surface area contributed by atoms with E-state index in [-0.39, 0.29) is 29.7 Å². The van der Waals surface area contributed by atoms with Gasteiger partial charge in [-0.2, -0.15) is 0 Å². The van der Waals surface area contributed by atoms with Crippen molar-refractivity contribution in [1.29, 1.82) is 0 Å². The Morgan fingerprint density at radius 1 is 1.05 bits per heavy atom. The summed E-state index contributed by atoms with van der Waals surface area (Å²) in [5, 5.41) is 10.9. The van der Waals surface area contributed by atoms with Crippen LogP contribution in [-0.4, -0.2) is 71.2 Å². The lowest BCUT2D eigenvalue weighted by molar-refractivity contribution is -0.145. The Bertz CT molecular complexity index is 962. The summed E-state index contributed by atoms with van der Waals surface area (Å²) in [4.78, 5) is 67.0. The van der Waals surface area contributed by atoms with Crippen molar-refractivity contribution in [3.05, 3.63) is 12.7 Å². The molecule has 0 bridgehead atoms. The van der Waals surface area contributed by atoms with Gasteiger partial charge in [0.1, 0.15) is 12.1 Å². The topological polar surface area (TPSA) is 137 Å². The van der Waals surface area contributed by atoms with Gasteiger partial charge in [0.05, 0.1) is 6.04 Å². The Hall–Kier alpha value is -2.91. The molecule has 2 rings (SSSR count). The molecule has 1 aliphatic heterocycles. The fourth-order valence-electron chi connectivity index (χ4n) is 5.36. The summed E-state index contributed by atoms with van der Waals surface area (Å²) in [6.45, 7) is 21.2. The number of nitrogens with one attached hydrogen (secondary N) is 4. The van der Waals surface area contributed by atoms with E-state index in [2.05, 4.69) is 41.7 Å². The van der Waals surface area contributed by atoms with Crippen LogP contribution in [0.1, 0.15) is 75.2 Å². The van der Waals surface area contributed by atoms with Gasteiger partial charge in [0, 0.05) is 18.6 Å². The molecule has 4 N–H and O–H groups in total. The molecule has 214 valence electrons. The lowest BCUT2D eigenvalue weighted by Gasteiger charge is -2.38. The SMILES string of the molecule is C=CCNC(=O)C(=O)[C@@H](CCC)NC(=O)[C@@H]1C2C(CN1C(=O)[C@@H](NC(=O)NC(C)(C)C)C(C)(C)C)C2(C)C. The second-order valence-corrected chi connectivity index (χ2v) is 13.2. The van der Waals surface area contributed by atoms with E-state index < -0.39 is 52.7 Å². The smallest absolute Gasteiger partial charge is 0.315 e. The molecule has 38 heavy (non-hydrogen) atoms. The highest BCUT2D eigenvalue weighted by molar-refractivity contribution is 6.38. The third-order valence-electron chi connectivity index (χ3n) is 7.48. The van der Waals surface area contributed by atoms with Crippen molar-refractivity contribution in [3.8, 4) is 0 Å². The summed E-state index contributed by atoms with van der Waals surface area (Å²) in [6.07, 6.45) is 2.34. The molecule has 1 heterocycles. The number of carbonyl (C=O) groups is 5. The molecule has 2 fully saturated rings. The molecule has 0 spiro atoms. The first-order chi connectivity index (χ1) is 17.4. The Balaban J connectivity index is 2.30. The Labute approximate surface area is 227 Å². The van der Waals surface area contributed by atoms with E-state index in [0.717, 1.165) is 0 Å².